The van der Waals surface area contributed by atoms with E-state index in [-0.39, 0.29) is 11.5 Å². The summed E-state index contributed by atoms with van der Waals surface area (Å²) in [6.45, 7) is 2.19. The van der Waals surface area contributed by atoms with Crippen LogP contribution in [0, 0.1) is 28.1 Å². The molecule has 0 spiro atoms. The number of nitriles is 1. The third kappa shape index (κ3) is 2.65. The lowest BCUT2D eigenvalue weighted by Gasteiger charge is -2.30. The number of nitrogens with one attached hydrogen (secondary N) is 3. The molecule has 6 nitrogen and oxygen atoms in total. The highest BCUT2D eigenvalue weighted by Crippen LogP contribution is 2.26. The van der Waals surface area contributed by atoms with E-state index in [4.69, 9.17) is 16.1 Å². The topological polar surface area (TPSA) is 101 Å². The normalized spacial score (nSPS) is 22.5. The van der Waals surface area contributed by atoms with Crippen molar-refractivity contribution < 1.29 is 0 Å². The SMILES string of the molecule is CC1CCCCC1Nc1c(C#N)cnn(C=N)c1=N. The van der Waals surface area contributed by atoms with E-state index in [2.05, 4.69) is 23.4 Å². The van der Waals surface area contributed by atoms with Crippen molar-refractivity contribution in [2.75, 3.05) is 5.32 Å². The van der Waals surface area contributed by atoms with Gasteiger partial charge in [-0.15, -0.1) is 0 Å². The maximum Gasteiger partial charge on any atom is 0.172 e. The zero-order valence-corrected chi connectivity index (χ0v) is 11.0. The lowest BCUT2D eigenvalue weighted by atomic mass is 9.86. The summed E-state index contributed by atoms with van der Waals surface area (Å²) in [6, 6.07) is 2.34. The van der Waals surface area contributed by atoms with Crippen LogP contribution in [-0.4, -0.2) is 22.2 Å². The molecule has 1 aromatic rings. The van der Waals surface area contributed by atoms with Crippen LogP contribution in [-0.2, 0) is 0 Å². The van der Waals surface area contributed by atoms with Gasteiger partial charge in [-0.2, -0.15) is 10.4 Å². The number of nitrogens with zero attached hydrogens (tertiary/aromatic N) is 3. The number of hydrogen-bond acceptors (Lipinski definition) is 5. The van der Waals surface area contributed by atoms with Crippen LogP contribution in [0.5, 0.6) is 0 Å². The molecule has 1 heterocycles. The van der Waals surface area contributed by atoms with Crippen molar-refractivity contribution in [1.82, 2.24) is 9.78 Å². The van der Waals surface area contributed by atoms with Crippen LogP contribution in [0.25, 0.3) is 0 Å². The van der Waals surface area contributed by atoms with Crippen LogP contribution in [0.1, 0.15) is 38.2 Å². The Balaban J connectivity index is 2.35. The summed E-state index contributed by atoms with van der Waals surface area (Å²) < 4.78 is 1.15. The Bertz CT molecular complexity index is 567. The van der Waals surface area contributed by atoms with Crippen molar-refractivity contribution in [3.63, 3.8) is 0 Å². The van der Waals surface area contributed by atoms with Crippen molar-refractivity contribution >= 4 is 12.0 Å². The van der Waals surface area contributed by atoms with Gasteiger partial charge < -0.3 is 5.32 Å². The number of rotatable bonds is 3. The van der Waals surface area contributed by atoms with Crippen LogP contribution >= 0.6 is 0 Å². The zero-order chi connectivity index (χ0) is 13.8. The number of anilines is 1. The molecule has 1 aromatic heterocycles. The van der Waals surface area contributed by atoms with Gasteiger partial charge >= 0.3 is 0 Å². The van der Waals surface area contributed by atoms with E-state index in [1.54, 1.807) is 0 Å². The van der Waals surface area contributed by atoms with Crippen molar-refractivity contribution in [2.45, 2.75) is 38.6 Å². The summed E-state index contributed by atoms with van der Waals surface area (Å²) in [6.07, 6.45) is 7.01. The molecule has 1 fully saturated rings. The molecule has 0 saturated heterocycles. The first-order valence-corrected chi connectivity index (χ1v) is 6.51. The summed E-state index contributed by atoms with van der Waals surface area (Å²) >= 11 is 0. The minimum atomic E-state index is 0.0619. The Labute approximate surface area is 112 Å². The Morgan fingerprint density at radius 1 is 1.53 bits per heavy atom. The monoisotopic (exact) mass is 258 g/mol. The molecule has 19 heavy (non-hydrogen) atoms. The first-order valence-electron chi connectivity index (χ1n) is 6.51. The fourth-order valence-corrected chi connectivity index (χ4v) is 2.53. The minimum Gasteiger partial charge on any atom is -0.378 e. The third-order valence-electron chi connectivity index (χ3n) is 3.73. The third-order valence-corrected chi connectivity index (χ3v) is 3.73. The predicted octanol–water partition coefficient (Wildman–Crippen LogP) is 1.68. The van der Waals surface area contributed by atoms with E-state index in [1.165, 1.54) is 25.5 Å². The second kappa shape index (κ2) is 5.65. The Morgan fingerprint density at radius 2 is 2.26 bits per heavy atom. The molecule has 1 saturated carbocycles. The number of hydrogen-bond donors (Lipinski definition) is 3. The average molecular weight is 258 g/mol. The summed E-state index contributed by atoms with van der Waals surface area (Å²) in [4.78, 5) is 0. The van der Waals surface area contributed by atoms with Crippen LogP contribution < -0.4 is 10.8 Å². The van der Waals surface area contributed by atoms with Gasteiger partial charge in [-0.25, -0.2) is 4.68 Å². The van der Waals surface area contributed by atoms with E-state index in [0.717, 1.165) is 17.4 Å². The number of aromatic nitrogens is 2. The van der Waals surface area contributed by atoms with Gasteiger partial charge in [-0.05, 0) is 18.8 Å². The zero-order valence-electron chi connectivity index (χ0n) is 11.0. The minimum absolute atomic E-state index is 0.0619. The molecule has 0 amide bonds. The average Bonchev–Trinajstić information content (AvgIpc) is 2.43. The second-order valence-electron chi connectivity index (χ2n) is 4.98. The quantitative estimate of drug-likeness (QED) is 0.567. The maximum atomic E-state index is 9.12. The Hall–Kier alpha value is -2.16. The molecular weight excluding hydrogens is 240 g/mol. The van der Waals surface area contributed by atoms with Crippen LogP contribution in [0.4, 0.5) is 5.69 Å². The molecule has 0 aromatic carbocycles. The fourth-order valence-electron chi connectivity index (χ4n) is 2.53. The van der Waals surface area contributed by atoms with Crippen molar-refractivity contribution in [1.29, 1.82) is 16.1 Å². The van der Waals surface area contributed by atoms with Gasteiger partial charge in [-0.3, -0.25) is 10.8 Å². The van der Waals surface area contributed by atoms with E-state index >= 15 is 0 Å². The summed E-state index contributed by atoms with van der Waals surface area (Å²) in [5.41, 5.74) is 0.910. The van der Waals surface area contributed by atoms with Crippen molar-refractivity contribution in [3.05, 3.63) is 17.2 Å². The molecule has 6 heteroatoms. The highest BCUT2D eigenvalue weighted by atomic mass is 15.3. The molecule has 1 aliphatic carbocycles. The maximum absolute atomic E-state index is 9.12. The fraction of sp³-hybridized carbons (Fsp3) is 0.538. The van der Waals surface area contributed by atoms with Gasteiger partial charge in [0.25, 0.3) is 0 Å². The lowest BCUT2D eigenvalue weighted by molar-refractivity contribution is 0.349. The van der Waals surface area contributed by atoms with E-state index in [9.17, 15) is 0 Å². The van der Waals surface area contributed by atoms with Crippen LogP contribution in [0.2, 0.25) is 0 Å². The Kier molecular flexibility index (Phi) is 3.95. The van der Waals surface area contributed by atoms with Gasteiger partial charge in [-0.1, -0.05) is 19.8 Å². The van der Waals surface area contributed by atoms with Gasteiger partial charge in [0.05, 0.1) is 17.4 Å². The predicted molar refractivity (Wildman–Crippen MR) is 72.0 cm³/mol. The van der Waals surface area contributed by atoms with E-state index in [1.807, 2.05) is 0 Å². The standard InChI is InChI=1S/C13H18N6/c1-9-4-2-3-5-11(9)18-12-10(6-14)7-17-19(8-15)13(12)16/h7-9,11,15-16,18H,2-5H2,1H3. The summed E-state index contributed by atoms with van der Waals surface area (Å²) in [7, 11) is 0. The largest absolute Gasteiger partial charge is 0.378 e. The first kappa shape index (κ1) is 13.3. The molecule has 1 aliphatic rings. The van der Waals surface area contributed by atoms with E-state index in [0.29, 0.717) is 17.2 Å². The first-order chi connectivity index (χ1) is 9.17. The van der Waals surface area contributed by atoms with Crippen molar-refractivity contribution in [2.24, 2.45) is 5.92 Å². The summed E-state index contributed by atoms with van der Waals surface area (Å²) in [5.74, 6) is 0.529. The second-order valence-corrected chi connectivity index (χ2v) is 4.98. The van der Waals surface area contributed by atoms with Crippen molar-refractivity contribution in [3.8, 4) is 6.07 Å². The molecule has 3 N–H and O–H groups in total. The van der Waals surface area contributed by atoms with E-state index < -0.39 is 0 Å². The van der Waals surface area contributed by atoms with Gasteiger partial charge in [0.15, 0.2) is 5.49 Å². The molecular formula is C13H18N6. The van der Waals surface area contributed by atoms with Gasteiger partial charge in [0.1, 0.15) is 12.4 Å². The summed E-state index contributed by atoms with van der Waals surface area (Å²) in [5, 5.41) is 31.5. The molecule has 2 unspecified atom stereocenters. The molecule has 100 valence electrons. The highest BCUT2D eigenvalue weighted by molar-refractivity contribution is 5.60. The van der Waals surface area contributed by atoms with Gasteiger partial charge in [0, 0.05) is 6.04 Å². The molecule has 0 bridgehead atoms. The molecule has 2 rings (SSSR count). The van der Waals surface area contributed by atoms with Crippen LogP contribution in [0.15, 0.2) is 6.20 Å². The lowest BCUT2D eigenvalue weighted by Crippen LogP contribution is -2.35. The molecule has 0 radical (unpaired) electrons. The molecule has 2 atom stereocenters. The highest BCUT2D eigenvalue weighted by Gasteiger charge is 2.22. The smallest absolute Gasteiger partial charge is 0.172 e. The Morgan fingerprint density at radius 3 is 2.89 bits per heavy atom. The molecule has 0 aliphatic heterocycles. The van der Waals surface area contributed by atoms with Crippen LogP contribution in [0.3, 0.4) is 0 Å². The van der Waals surface area contributed by atoms with Gasteiger partial charge in [0.2, 0.25) is 0 Å².